The van der Waals surface area contributed by atoms with Crippen LogP contribution in [0.4, 0.5) is 22.0 Å². The number of likely N-dealkylation sites (tertiary alicyclic amines) is 1. The number of para-hydroxylation sites is 1. The third kappa shape index (κ3) is 9.00. The standard InChI is InChI=1S/C41H40F5N3O3S/c1-27-22-29(28-12-14-32(15-13-28)41(44,45)46)10-11-30(27)24-48(33-16-18-47(19-17-33)20-21-52-2)38(51)25-49-36-9-4-3-7-34(36)37(50)23-39(49)53-26-31-6-5-8-35(42)40(31)43/h3-15,22-23,33H,16-21,24-26H2,1-2H3/i3D,4D,5D,6D,7D,8D,9D,10D,11D,12D,13D,14D,15D,16D2,17D2,18D2,19D2,20D2,21D2,22D,23D,33D. The molecule has 0 N–H and O–H groups in total. The molecule has 0 bridgehead atoms. The summed E-state index contributed by atoms with van der Waals surface area (Å²) in [5, 5.41) is -2.14. The molecule has 1 aliphatic rings. The monoisotopic (exact) mass is 777 g/mol. The third-order valence-corrected chi connectivity index (χ3v) is 8.13. The number of ether oxygens (including phenoxy) is 1. The van der Waals surface area contributed by atoms with E-state index in [9.17, 15) is 29.2 Å². The number of methoxy groups -OCH3 is 1. The van der Waals surface area contributed by atoms with Crippen LogP contribution in [0.15, 0.2) is 100 Å². The third-order valence-electron chi connectivity index (χ3n) is 7.10. The van der Waals surface area contributed by atoms with Crippen LogP contribution in [0.5, 0.6) is 0 Å². The number of piperidine rings is 1. The van der Waals surface area contributed by atoms with E-state index in [-0.39, 0.29) is 11.8 Å². The quantitative estimate of drug-likeness (QED) is 0.0938. The van der Waals surface area contributed by atoms with Crippen LogP contribution in [0.1, 0.15) is 73.4 Å². The molecule has 2 heterocycles. The zero-order chi connectivity index (χ0) is 62.4. The van der Waals surface area contributed by atoms with Crippen LogP contribution in [0.3, 0.4) is 0 Å². The van der Waals surface area contributed by atoms with E-state index in [4.69, 9.17) is 31.5 Å². The van der Waals surface area contributed by atoms with Crippen molar-refractivity contribution in [3.63, 3.8) is 0 Å². The number of fused-ring (bicyclic) bond motifs is 1. The van der Waals surface area contributed by atoms with Crippen molar-refractivity contribution in [1.82, 2.24) is 14.4 Å². The molecule has 53 heavy (non-hydrogen) atoms. The second kappa shape index (κ2) is 16.7. The van der Waals surface area contributed by atoms with Gasteiger partial charge in [0, 0.05) is 75.6 Å². The highest BCUT2D eigenvalue weighted by Crippen LogP contribution is 2.32. The maximum absolute atomic E-state index is 15.7. The summed E-state index contributed by atoms with van der Waals surface area (Å²) in [7, 11) is 0.500. The molecule has 4 aromatic carbocycles. The van der Waals surface area contributed by atoms with E-state index < -0.39 is 243 Å². The average Bonchev–Trinajstić information content (AvgIpc) is 3.36. The Morgan fingerprint density at radius 2 is 1.72 bits per heavy atom. The van der Waals surface area contributed by atoms with Gasteiger partial charge in [0.15, 0.2) is 17.1 Å². The Bertz CT molecular complexity index is 3470. The van der Waals surface area contributed by atoms with Crippen LogP contribution >= 0.6 is 11.8 Å². The van der Waals surface area contributed by atoms with Crippen molar-refractivity contribution >= 4 is 28.6 Å². The van der Waals surface area contributed by atoms with Gasteiger partial charge >= 0.3 is 6.18 Å². The molecule has 1 aliphatic heterocycles. The number of alkyl halides is 3. The Kier molecular flexibility index (Phi) is 5.17. The lowest BCUT2D eigenvalue weighted by molar-refractivity contribution is -0.137. The molecule has 5 aromatic rings. The van der Waals surface area contributed by atoms with Crippen LogP contribution in [0.25, 0.3) is 22.0 Å². The van der Waals surface area contributed by atoms with Crippen LogP contribution in [0.2, 0.25) is 0 Å². The minimum Gasteiger partial charge on any atom is -0.383 e. The first-order chi connectivity index (χ1) is 36.6. The lowest BCUT2D eigenvalue weighted by Gasteiger charge is -2.39. The summed E-state index contributed by atoms with van der Waals surface area (Å²) >= 11 is 0.0163. The Morgan fingerprint density at radius 1 is 1.00 bits per heavy atom. The highest BCUT2D eigenvalue weighted by atomic mass is 32.2. The van der Waals surface area contributed by atoms with E-state index in [1.807, 2.05) is 0 Å². The lowest BCUT2D eigenvalue weighted by atomic mass is 9.97. The minimum atomic E-state index is -5.50. The first-order valence-electron chi connectivity index (χ1n) is 28.7. The Morgan fingerprint density at radius 3 is 2.43 bits per heavy atom. The number of aromatic nitrogens is 1. The summed E-state index contributed by atoms with van der Waals surface area (Å²) < 4.78 is 321. The maximum atomic E-state index is 15.7. The molecule has 1 amide bonds. The smallest absolute Gasteiger partial charge is 0.383 e. The van der Waals surface area contributed by atoms with Gasteiger partial charge in [-0.05, 0) is 72.1 Å². The summed E-state index contributed by atoms with van der Waals surface area (Å²) in [6.45, 7) is -20.3. The van der Waals surface area contributed by atoms with Crippen LogP contribution < -0.4 is 5.43 Å². The summed E-state index contributed by atoms with van der Waals surface area (Å²) in [4.78, 5) is 28.4. The van der Waals surface area contributed by atoms with Gasteiger partial charge in [-0.3, -0.25) is 9.59 Å². The predicted molar refractivity (Wildman–Crippen MR) is 198 cm³/mol. The van der Waals surface area contributed by atoms with Crippen molar-refractivity contribution in [1.29, 1.82) is 0 Å². The van der Waals surface area contributed by atoms with Gasteiger partial charge in [-0.25, -0.2) is 8.78 Å². The normalized spacial score (nSPS) is 26.7. The first kappa shape index (κ1) is 16.5. The van der Waals surface area contributed by atoms with Gasteiger partial charge in [-0.1, -0.05) is 54.4 Å². The Balaban J connectivity index is 1.76. The highest BCUT2D eigenvalue weighted by molar-refractivity contribution is 7.98. The summed E-state index contributed by atoms with van der Waals surface area (Å²) in [6.07, 6.45) is -14.9. The molecule has 6 nitrogen and oxygen atoms in total. The number of pyridine rings is 1. The molecule has 0 radical (unpaired) electrons. The second-order valence-corrected chi connectivity index (χ2v) is 11.5. The fourth-order valence-electron chi connectivity index (χ4n) is 4.53. The summed E-state index contributed by atoms with van der Waals surface area (Å²) in [6, 6.07) is -24.9. The van der Waals surface area contributed by atoms with Crippen molar-refractivity contribution in [3.8, 4) is 11.1 Å². The topological polar surface area (TPSA) is 54.8 Å². The van der Waals surface area contributed by atoms with Gasteiger partial charge in [0.05, 0.1) is 47.3 Å². The molecule has 0 aliphatic carbocycles. The van der Waals surface area contributed by atoms with Gasteiger partial charge in [0.1, 0.15) is 6.54 Å². The van der Waals surface area contributed by atoms with Gasteiger partial charge < -0.3 is 19.1 Å². The van der Waals surface area contributed by atoms with E-state index in [0.717, 1.165) is 6.92 Å². The van der Waals surface area contributed by atoms with Gasteiger partial charge in [0.2, 0.25) is 5.91 Å². The number of rotatable bonds is 12. The van der Waals surface area contributed by atoms with Crippen molar-refractivity contribution in [2.75, 3.05) is 33.2 Å². The van der Waals surface area contributed by atoms with E-state index >= 15 is 9.18 Å². The number of hydrogen-bond donors (Lipinski definition) is 0. The number of amides is 1. The number of carbonyl (C=O) groups excluding carboxylic acids is 1. The number of carbonyl (C=O) groups is 1. The van der Waals surface area contributed by atoms with E-state index in [2.05, 4.69) is 4.74 Å². The number of halogens is 5. The molecule has 0 saturated carbocycles. The lowest BCUT2D eigenvalue weighted by Crippen LogP contribution is -2.48. The Labute approximate surface area is 348 Å². The highest BCUT2D eigenvalue weighted by Gasteiger charge is 2.31. The fourth-order valence-corrected chi connectivity index (χ4v) is 5.48. The largest absolute Gasteiger partial charge is 0.416 e. The SMILES string of the molecule is [2H]c1c([2H])c(F)c(F)c(CSc2c([2H])c(=O)c3c([2H])c([2H])c([2H])c([2H])c3n2CC(=O)N(Cc2c([2H])c([2H])c(-c3c([2H])c([2H])c(C(F)(F)F)c([2H])c3[2H])c([2H])c2C)C2([2H])C([2H])([2H])C([2H])([2H])N(C([2H])([2H])C([2H])([2H])OC)C([2H])([2H])C2([2H])[2H])c1[2H]. The molecule has 1 fully saturated rings. The molecule has 12 heteroatoms. The van der Waals surface area contributed by atoms with Gasteiger partial charge in [-0.2, -0.15) is 13.2 Å². The average molecular weight is 778 g/mol. The number of hydrogen-bond acceptors (Lipinski definition) is 5. The first-order valence-corrected chi connectivity index (χ1v) is 15.7. The van der Waals surface area contributed by atoms with Crippen molar-refractivity contribution in [2.45, 2.75) is 55.7 Å². The molecule has 278 valence electrons. The molecule has 0 spiro atoms. The molecule has 1 aromatic heterocycles. The number of thioether (sulfide) groups is 1. The summed E-state index contributed by atoms with van der Waals surface area (Å²) in [5.74, 6) is -7.12. The number of benzene rings is 4. The Hall–Kier alpha value is -4.52. The van der Waals surface area contributed by atoms with Crippen LogP contribution in [-0.4, -0.2) is 59.5 Å². The van der Waals surface area contributed by atoms with Crippen LogP contribution in [0, 0.1) is 18.6 Å². The van der Waals surface area contributed by atoms with E-state index in [1.54, 1.807) is 0 Å². The maximum Gasteiger partial charge on any atom is 0.416 e. The minimum absolute atomic E-state index is 0.0163. The van der Waals surface area contributed by atoms with Gasteiger partial charge in [0.25, 0.3) is 0 Å². The molecular formula is C41H40F5N3O3S. The zero-order valence-electron chi connectivity index (χ0n) is 55.0. The fraction of sp³-hybridized carbons (Fsp3) is 0.317. The predicted octanol–water partition coefficient (Wildman–Crippen LogP) is 8.71. The molecule has 6 rings (SSSR count). The molecule has 0 atom stereocenters. The van der Waals surface area contributed by atoms with Crippen LogP contribution in [-0.2, 0) is 34.6 Å². The van der Waals surface area contributed by atoms with Crippen molar-refractivity contribution in [2.24, 2.45) is 0 Å². The molecule has 0 unspecified atom stereocenters. The van der Waals surface area contributed by atoms with E-state index in [1.165, 1.54) is 0 Å². The molecular weight excluding hydrogens is 710 g/mol. The molecule has 1 saturated heterocycles. The van der Waals surface area contributed by atoms with E-state index in [0.29, 0.717) is 11.7 Å². The van der Waals surface area contributed by atoms with Crippen molar-refractivity contribution in [3.05, 3.63) is 135 Å². The zero-order valence-corrected chi connectivity index (χ0v) is 27.8. The van der Waals surface area contributed by atoms with Crippen molar-refractivity contribution < 1.29 is 69.9 Å². The number of nitrogens with zero attached hydrogens (tertiary/aromatic N) is 3. The second-order valence-electron chi connectivity index (χ2n) is 10.5. The summed E-state index contributed by atoms with van der Waals surface area (Å²) in [5.41, 5.74) is -9.85. The van der Waals surface area contributed by atoms with Gasteiger partial charge in [-0.15, -0.1) is 11.8 Å².